The lowest BCUT2D eigenvalue weighted by molar-refractivity contribution is 0.588. The van der Waals surface area contributed by atoms with Crippen LogP contribution < -0.4 is 36.3 Å². The van der Waals surface area contributed by atoms with Crippen LogP contribution in [0.3, 0.4) is 0 Å². The van der Waals surface area contributed by atoms with E-state index in [1.165, 1.54) is 25.9 Å². The monoisotopic (exact) mass is 640 g/mol. The van der Waals surface area contributed by atoms with E-state index >= 15 is 0 Å². The lowest BCUT2D eigenvalue weighted by Gasteiger charge is -2.56. The van der Waals surface area contributed by atoms with Gasteiger partial charge in [-0.3, -0.25) is 0 Å². The molecule has 0 aromatic heterocycles. The SMILES string of the molecule is O[Si](c1ccccc1)(c1ccccc1)[Si](c1ccccc1)(c1ccccc1)[Si](c1ccccc1)(c1ccccc1)c1ccccc1. The van der Waals surface area contributed by atoms with Crippen molar-refractivity contribution in [1.82, 2.24) is 0 Å². The van der Waals surface area contributed by atoms with Crippen molar-refractivity contribution in [1.29, 1.82) is 0 Å². The smallest absolute Gasteiger partial charge is 0.246 e. The van der Waals surface area contributed by atoms with Crippen molar-refractivity contribution in [2.75, 3.05) is 0 Å². The first kappa shape index (κ1) is 29.8. The van der Waals surface area contributed by atoms with Gasteiger partial charge >= 0.3 is 0 Å². The Kier molecular flexibility index (Phi) is 8.35. The second kappa shape index (κ2) is 12.9. The molecule has 0 amide bonds. The van der Waals surface area contributed by atoms with Crippen molar-refractivity contribution >= 4 is 58.8 Å². The van der Waals surface area contributed by atoms with Crippen molar-refractivity contribution in [2.45, 2.75) is 0 Å². The van der Waals surface area contributed by atoms with E-state index in [2.05, 4.69) is 212 Å². The Hall–Kier alpha value is -4.85. The van der Waals surface area contributed by atoms with Gasteiger partial charge in [0.2, 0.25) is 7.83 Å². The van der Waals surface area contributed by atoms with Crippen molar-refractivity contribution in [2.24, 2.45) is 0 Å². The molecule has 7 aromatic rings. The largest absolute Gasteiger partial charge is 0.426 e. The molecule has 0 bridgehead atoms. The van der Waals surface area contributed by atoms with E-state index in [0.717, 1.165) is 10.4 Å². The Labute approximate surface area is 274 Å². The summed E-state index contributed by atoms with van der Waals surface area (Å²) in [6.45, 7) is 0. The summed E-state index contributed by atoms with van der Waals surface area (Å²) in [7, 11) is -10.4. The van der Waals surface area contributed by atoms with Crippen LogP contribution in [0.25, 0.3) is 0 Å². The molecule has 0 aliphatic heterocycles. The third-order valence-electron chi connectivity index (χ3n) is 9.52. The summed E-state index contributed by atoms with van der Waals surface area (Å²) in [6, 6.07) is 76.9. The predicted octanol–water partition coefficient (Wildman–Crippen LogP) is 4.33. The molecule has 7 rings (SSSR count). The van der Waals surface area contributed by atoms with E-state index in [-0.39, 0.29) is 0 Å². The quantitative estimate of drug-likeness (QED) is 0.184. The van der Waals surface area contributed by atoms with Crippen LogP contribution >= 0.6 is 0 Å². The lowest BCUT2D eigenvalue weighted by Crippen LogP contribution is -3.02. The summed E-state index contributed by atoms with van der Waals surface area (Å²) in [4.78, 5) is 14.7. The van der Waals surface area contributed by atoms with Gasteiger partial charge in [-0.25, -0.2) is 0 Å². The fourth-order valence-corrected chi connectivity index (χ4v) is 47.8. The number of rotatable bonds is 9. The van der Waals surface area contributed by atoms with Crippen LogP contribution in [0.5, 0.6) is 0 Å². The highest BCUT2D eigenvalue weighted by Gasteiger charge is 2.72. The van der Waals surface area contributed by atoms with Crippen molar-refractivity contribution in [3.05, 3.63) is 212 Å². The highest BCUT2D eigenvalue weighted by molar-refractivity contribution is 7.86. The zero-order valence-electron chi connectivity index (χ0n) is 25.7. The Bertz CT molecular complexity index is 1800. The van der Waals surface area contributed by atoms with Crippen molar-refractivity contribution < 1.29 is 4.80 Å². The molecule has 0 saturated carbocycles. The molecule has 1 N–H and O–H groups in total. The summed E-state index contributed by atoms with van der Waals surface area (Å²) in [6.07, 6.45) is 0. The van der Waals surface area contributed by atoms with Gasteiger partial charge in [0.05, 0.1) is 0 Å². The van der Waals surface area contributed by atoms with E-state index in [1.807, 2.05) is 0 Å². The van der Waals surface area contributed by atoms with E-state index in [9.17, 15) is 4.80 Å². The van der Waals surface area contributed by atoms with Crippen LogP contribution in [0, 0.1) is 0 Å². The van der Waals surface area contributed by atoms with Gasteiger partial charge in [0, 0.05) is 0 Å². The van der Waals surface area contributed by atoms with Gasteiger partial charge in [0.1, 0.15) is 0 Å². The number of hydrogen-bond acceptors (Lipinski definition) is 1. The first-order valence-corrected chi connectivity index (χ1v) is 23.8. The topological polar surface area (TPSA) is 20.2 Å². The average Bonchev–Trinajstić information content (AvgIpc) is 3.16. The molecular weight excluding hydrogens is 605 g/mol. The molecule has 0 fully saturated rings. The molecule has 0 heterocycles. The van der Waals surface area contributed by atoms with Crippen LogP contribution in [-0.2, 0) is 0 Å². The third kappa shape index (κ3) is 4.61. The first-order chi connectivity index (χ1) is 22.7. The summed E-state index contributed by atoms with van der Waals surface area (Å²) in [5.74, 6) is 0. The molecule has 0 atom stereocenters. The third-order valence-corrected chi connectivity index (χ3v) is 41.1. The molecule has 0 aliphatic carbocycles. The zero-order valence-corrected chi connectivity index (χ0v) is 28.7. The normalized spacial score (nSPS) is 12.0. The van der Waals surface area contributed by atoms with Crippen LogP contribution in [0.4, 0.5) is 0 Å². The van der Waals surface area contributed by atoms with Crippen LogP contribution in [0.15, 0.2) is 212 Å². The van der Waals surface area contributed by atoms with Gasteiger partial charge in [0.15, 0.2) is 14.7 Å². The minimum Gasteiger partial charge on any atom is -0.426 e. The Morgan fingerprint density at radius 3 is 0.674 bits per heavy atom. The van der Waals surface area contributed by atoms with Crippen molar-refractivity contribution in [3.63, 3.8) is 0 Å². The molecule has 1 nitrogen and oxygen atoms in total. The maximum atomic E-state index is 14.7. The average molecular weight is 641 g/mol. The molecule has 222 valence electrons. The maximum absolute atomic E-state index is 14.7. The fraction of sp³-hybridized carbons (Fsp3) is 0. The van der Waals surface area contributed by atoms with Crippen LogP contribution in [0.2, 0.25) is 0 Å². The molecule has 0 aliphatic rings. The summed E-state index contributed by atoms with van der Waals surface area (Å²) < 4.78 is 0. The number of benzene rings is 7. The number of hydrogen-bond donors (Lipinski definition) is 1. The molecule has 46 heavy (non-hydrogen) atoms. The zero-order chi connectivity index (χ0) is 31.3. The lowest BCUT2D eigenvalue weighted by atomic mass is 10.3. The summed E-state index contributed by atoms with van der Waals surface area (Å²) >= 11 is 0. The molecule has 4 heteroatoms. The molecule has 0 unspecified atom stereocenters. The minimum atomic E-state index is -3.75. The van der Waals surface area contributed by atoms with Gasteiger partial charge in [-0.05, 0) is 10.4 Å². The summed E-state index contributed by atoms with van der Waals surface area (Å²) in [5, 5.41) is 8.52. The predicted molar refractivity (Wildman–Crippen MR) is 202 cm³/mol. The Morgan fingerprint density at radius 1 is 0.239 bits per heavy atom. The molecule has 0 spiro atoms. The van der Waals surface area contributed by atoms with Gasteiger partial charge < -0.3 is 4.80 Å². The van der Waals surface area contributed by atoms with E-state index in [1.54, 1.807) is 0 Å². The molecular formula is C42H36OSi3. The standard InChI is InChI=1S/C42H36OSi3/c43-45(39-28-14-4-15-29-39,40-30-16-5-17-31-40)46(41-32-18-6-19-33-41,42-34-20-7-21-35-42)44(36-22-8-1-9-23-36,37-24-10-2-11-25-37)38-26-12-3-13-27-38/h1-35,43H. The highest BCUT2D eigenvalue weighted by atomic mass is 29.6. The van der Waals surface area contributed by atoms with Gasteiger partial charge in [-0.15, -0.1) is 0 Å². The van der Waals surface area contributed by atoms with Crippen LogP contribution in [-0.4, -0.2) is 27.3 Å². The Morgan fingerprint density at radius 2 is 0.435 bits per heavy atom. The fourth-order valence-electron chi connectivity index (χ4n) is 7.84. The van der Waals surface area contributed by atoms with Gasteiger partial charge in [-0.2, -0.15) is 0 Å². The second-order valence-electron chi connectivity index (χ2n) is 11.8. The molecule has 0 radical (unpaired) electrons. The maximum Gasteiger partial charge on any atom is 0.246 e. The van der Waals surface area contributed by atoms with Crippen LogP contribution in [0.1, 0.15) is 0 Å². The first-order valence-electron chi connectivity index (χ1n) is 15.8. The molecule has 7 aromatic carbocycles. The summed E-state index contributed by atoms with van der Waals surface area (Å²) in [5.41, 5.74) is 0. The second-order valence-corrected chi connectivity index (χ2v) is 30.7. The van der Waals surface area contributed by atoms with Crippen molar-refractivity contribution in [3.8, 4) is 0 Å². The van der Waals surface area contributed by atoms with Gasteiger partial charge in [-0.1, -0.05) is 238 Å². The Balaban J connectivity index is 1.85. The van der Waals surface area contributed by atoms with Gasteiger partial charge in [0.25, 0.3) is 0 Å². The van der Waals surface area contributed by atoms with E-state index < -0.39 is 22.5 Å². The minimum absolute atomic E-state index is 1.04. The molecule has 0 saturated heterocycles. The highest BCUT2D eigenvalue weighted by Crippen LogP contribution is 2.29. The van der Waals surface area contributed by atoms with E-state index in [0.29, 0.717) is 0 Å². The van der Waals surface area contributed by atoms with E-state index in [4.69, 9.17) is 0 Å².